The highest BCUT2D eigenvalue weighted by atomic mass is 79.9. The SMILES string of the molecule is Cc1cccc(Sc2ccc(Br)cc2C#N)c1. The van der Waals surface area contributed by atoms with Gasteiger partial charge < -0.3 is 0 Å². The van der Waals surface area contributed by atoms with Crippen molar-refractivity contribution in [1.82, 2.24) is 0 Å². The van der Waals surface area contributed by atoms with Gasteiger partial charge in [-0.15, -0.1) is 0 Å². The summed E-state index contributed by atoms with van der Waals surface area (Å²) in [5.74, 6) is 0. The Morgan fingerprint density at radius 1 is 1.18 bits per heavy atom. The van der Waals surface area contributed by atoms with E-state index in [0.717, 1.165) is 14.3 Å². The molecule has 2 aromatic rings. The highest BCUT2D eigenvalue weighted by molar-refractivity contribution is 9.10. The van der Waals surface area contributed by atoms with Crippen LogP contribution in [-0.2, 0) is 0 Å². The quantitative estimate of drug-likeness (QED) is 0.797. The maximum absolute atomic E-state index is 9.09. The van der Waals surface area contributed by atoms with Gasteiger partial charge in [0.25, 0.3) is 0 Å². The van der Waals surface area contributed by atoms with Crippen LogP contribution in [0.5, 0.6) is 0 Å². The first-order chi connectivity index (χ1) is 8.19. The predicted molar refractivity (Wildman–Crippen MR) is 74.2 cm³/mol. The van der Waals surface area contributed by atoms with E-state index in [1.165, 1.54) is 5.56 Å². The maximum atomic E-state index is 9.09. The van der Waals surface area contributed by atoms with Crippen molar-refractivity contribution in [3.63, 3.8) is 0 Å². The molecule has 0 saturated carbocycles. The molecule has 0 spiro atoms. The molecule has 0 aliphatic rings. The Labute approximate surface area is 114 Å². The first kappa shape index (κ1) is 12.2. The maximum Gasteiger partial charge on any atom is 0.100 e. The van der Waals surface area contributed by atoms with Gasteiger partial charge in [0.05, 0.1) is 5.56 Å². The van der Waals surface area contributed by atoms with E-state index in [9.17, 15) is 0 Å². The van der Waals surface area contributed by atoms with E-state index < -0.39 is 0 Å². The first-order valence-electron chi connectivity index (χ1n) is 5.13. The molecule has 0 aliphatic heterocycles. The van der Waals surface area contributed by atoms with Crippen molar-refractivity contribution in [2.75, 3.05) is 0 Å². The largest absolute Gasteiger partial charge is 0.192 e. The molecule has 1 nitrogen and oxygen atoms in total. The minimum Gasteiger partial charge on any atom is -0.192 e. The van der Waals surface area contributed by atoms with Gasteiger partial charge in [-0.25, -0.2) is 0 Å². The molecular weight excluding hydrogens is 294 g/mol. The lowest BCUT2D eigenvalue weighted by atomic mass is 10.2. The van der Waals surface area contributed by atoms with Crippen molar-refractivity contribution in [3.05, 3.63) is 58.1 Å². The molecule has 0 radical (unpaired) electrons. The third-order valence-electron chi connectivity index (χ3n) is 2.28. The standard InChI is InChI=1S/C14H10BrNS/c1-10-3-2-4-13(7-10)17-14-6-5-12(15)8-11(14)9-16/h2-8H,1H3. The molecule has 0 atom stereocenters. The van der Waals surface area contributed by atoms with Gasteiger partial charge in [-0.3, -0.25) is 0 Å². The van der Waals surface area contributed by atoms with Crippen molar-refractivity contribution in [2.45, 2.75) is 16.7 Å². The van der Waals surface area contributed by atoms with E-state index in [1.54, 1.807) is 11.8 Å². The number of hydrogen-bond acceptors (Lipinski definition) is 2. The Morgan fingerprint density at radius 3 is 2.71 bits per heavy atom. The molecule has 0 bridgehead atoms. The van der Waals surface area contributed by atoms with Gasteiger partial charge >= 0.3 is 0 Å². The van der Waals surface area contributed by atoms with Crippen molar-refractivity contribution in [1.29, 1.82) is 5.26 Å². The molecule has 0 aromatic heterocycles. The fourth-order valence-corrected chi connectivity index (χ4v) is 2.84. The summed E-state index contributed by atoms with van der Waals surface area (Å²) in [5, 5.41) is 9.09. The van der Waals surface area contributed by atoms with E-state index >= 15 is 0 Å². The normalized spacial score (nSPS) is 9.94. The van der Waals surface area contributed by atoms with Crippen LogP contribution in [0, 0.1) is 18.3 Å². The fraction of sp³-hybridized carbons (Fsp3) is 0.0714. The number of nitrogens with zero attached hydrogens (tertiary/aromatic N) is 1. The minimum absolute atomic E-state index is 0.700. The van der Waals surface area contributed by atoms with Crippen LogP contribution in [0.15, 0.2) is 56.7 Å². The number of rotatable bonds is 2. The van der Waals surface area contributed by atoms with E-state index in [0.29, 0.717) is 5.56 Å². The number of hydrogen-bond donors (Lipinski definition) is 0. The molecule has 84 valence electrons. The fourth-order valence-electron chi connectivity index (χ4n) is 1.48. The van der Waals surface area contributed by atoms with Gasteiger partial charge in [0.15, 0.2) is 0 Å². The molecule has 0 saturated heterocycles. The van der Waals surface area contributed by atoms with Crippen LogP contribution in [0.4, 0.5) is 0 Å². The Hall–Kier alpha value is -1.24. The minimum atomic E-state index is 0.700. The Kier molecular flexibility index (Phi) is 3.88. The van der Waals surface area contributed by atoms with Gasteiger partial charge in [0, 0.05) is 14.3 Å². The number of benzene rings is 2. The second-order valence-electron chi connectivity index (χ2n) is 3.67. The lowest BCUT2D eigenvalue weighted by molar-refractivity contribution is 1.32. The van der Waals surface area contributed by atoms with Crippen LogP contribution in [0.2, 0.25) is 0 Å². The Morgan fingerprint density at radius 2 is 2.00 bits per heavy atom. The average Bonchev–Trinajstić information content (AvgIpc) is 2.31. The lowest BCUT2D eigenvalue weighted by Gasteiger charge is -2.05. The lowest BCUT2D eigenvalue weighted by Crippen LogP contribution is -1.82. The van der Waals surface area contributed by atoms with Crippen LogP contribution in [0.3, 0.4) is 0 Å². The summed E-state index contributed by atoms with van der Waals surface area (Å²) in [6, 6.07) is 16.3. The number of aryl methyl sites for hydroxylation is 1. The van der Waals surface area contributed by atoms with Gasteiger partial charge in [0.2, 0.25) is 0 Å². The number of halogens is 1. The first-order valence-corrected chi connectivity index (χ1v) is 6.74. The highest BCUT2D eigenvalue weighted by Crippen LogP contribution is 2.32. The van der Waals surface area contributed by atoms with Crippen molar-refractivity contribution in [2.24, 2.45) is 0 Å². The van der Waals surface area contributed by atoms with Crippen LogP contribution in [-0.4, -0.2) is 0 Å². The Bertz CT molecular complexity index is 587. The van der Waals surface area contributed by atoms with Gasteiger partial charge in [0.1, 0.15) is 6.07 Å². The zero-order valence-corrected chi connectivity index (χ0v) is 11.7. The van der Waals surface area contributed by atoms with E-state index in [4.69, 9.17) is 5.26 Å². The summed E-state index contributed by atoms with van der Waals surface area (Å²) in [4.78, 5) is 2.14. The highest BCUT2D eigenvalue weighted by Gasteiger charge is 2.04. The van der Waals surface area contributed by atoms with E-state index in [2.05, 4.69) is 47.1 Å². The molecule has 0 fully saturated rings. The molecule has 3 heteroatoms. The van der Waals surface area contributed by atoms with Crippen LogP contribution in [0.25, 0.3) is 0 Å². The summed E-state index contributed by atoms with van der Waals surface area (Å²) in [7, 11) is 0. The second kappa shape index (κ2) is 5.39. The zero-order valence-electron chi connectivity index (χ0n) is 9.27. The van der Waals surface area contributed by atoms with Gasteiger partial charge in [-0.05, 0) is 37.3 Å². The van der Waals surface area contributed by atoms with Crippen LogP contribution in [0.1, 0.15) is 11.1 Å². The molecule has 0 amide bonds. The van der Waals surface area contributed by atoms with Crippen molar-refractivity contribution < 1.29 is 0 Å². The van der Waals surface area contributed by atoms with E-state index in [1.807, 2.05) is 24.3 Å². The summed E-state index contributed by atoms with van der Waals surface area (Å²) in [6.07, 6.45) is 0. The second-order valence-corrected chi connectivity index (χ2v) is 5.70. The van der Waals surface area contributed by atoms with E-state index in [-0.39, 0.29) is 0 Å². The summed E-state index contributed by atoms with van der Waals surface area (Å²) < 4.78 is 0.933. The Balaban J connectivity index is 2.34. The third-order valence-corrected chi connectivity index (χ3v) is 3.84. The molecule has 0 aliphatic carbocycles. The summed E-state index contributed by atoms with van der Waals surface area (Å²) in [6.45, 7) is 2.07. The summed E-state index contributed by atoms with van der Waals surface area (Å²) >= 11 is 4.99. The molecule has 0 heterocycles. The molecule has 17 heavy (non-hydrogen) atoms. The summed E-state index contributed by atoms with van der Waals surface area (Å²) in [5.41, 5.74) is 1.93. The predicted octanol–water partition coefficient (Wildman–Crippen LogP) is 4.78. The smallest absolute Gasteiger partial charge is 0.100 e. The molecule has 2 rings (SSSR count). The number of nitriles is 1. The zero-order chi connectivity index (χ0) is 12.3. The van der Waals surface area contributed by atoms with Crippen LogP contribution < -0.4 is 0 Å². The average molecular weight is 304 g/mol. The topological polar surface area (TPSA) is 23.8 Å². The molecule has 0 unspecified atom stereocenters. The van der Waals surface area contributed by atoms with Gasteiger partial charge in [-0.2, -0.15) is 5.26 Å². The van der Waals surface area contributed by atoms with Crippen molar-refractivity contribution >= 4 is 27.7 Å². The third kappa shape index (κ3) is 3.12. The van der Waals surface area contributed by atoms with Crippen LogP contribution >= 0.6 is 27.7 Å². The molecule has 2 aromatic carbocycles. The van der Waals surface area contributed by atoms with Gasteiger partial charge in [-0.1, -0.05) is 45.4 Å². The molecule has 0 N–H and O–H groups in total. The molecular formula is C14H10BrNS. The monoisotopic (exact) mass is 303 g/mol. The van der Waals surface area contributed by atoms with Crippen molar-refractivity contribution in [3.8, 4) is 6.07 Å².